The van der Waals surface area contributed by atoms with Gasteiger partial charge in [-0.25, -0.2) is 4.79 Å². The Morgan fingerprint density at radius 3 is 2.75 bits per heavy atom. The van der Waals surface area contributed by atoms with Crippen LogP contribution in [0.5, 0.6) is 0 Å². The van der Waals surface area contributed by atoms with Gasteiger partial charge in [0.1, 0.15) is 0 Å². The third-order valence-electron chi connectivity index (χ3n) is 4.39. The summed E-state index contributed by atoms with van der Waals surface area (Å²) in [5.74, 6) is -0.683. The van der Waals surface area contributed by atoms with Crippen molar-refractivity contribution in [1.82, 2.24) is 10.6 Å². The molecule has 0 bridgehead atoms. The van der Waals surface area contributed by atoms with Crippen LogP contribution in [0.25, 0.3) is 0 Å². The zero-order valence-corrected chi connectivity index (χ0v) is 11.9. The van der Waals surface area contributed by atoms with Crippen LogP contribution in [0.4, 0.5) is 4.79 Å². The lowest BCUT2D eigenvalue weighted by Crippen LogP contribution is -2.43. The summed E-state index contributed by atoms with van der Waals surface area (Å²) < 4.78 is 5.58. The zero-order valence-electron chi connectivity index (χ0n) is 11.9. The van der Waals surface area contributed by atoms with E-state index in [4.69, 9.17) is 9.84 Å². The van der Waals surface area contributed by atoms with Crippen molar-refractivity contribution in [3.63, 3.8) is 0 Å². The van der Waals surface area contributed by atoms with Crippen molar-refractivity contribution in [3.05, 3.63) is 0 Å². The SMILES string of the molecule is CCC1OCCC1CNC(=O)N[C@H]1CC[C@@H](C(=O)O)C1. The van der Waals surface area contributed by atoms with Crippen molar-refractivity contribution < 1.29 is 19.4 Å². The predicted octanol–water partition coefficient (Wildman–Crippen LogP) is 1.35. The molecule has 1 aliphatic carbocycles. The number of amides is 2. The predicted molar refractivity (Wildman–Crippen MR) is 73.4 cm³/mol. The molecule has 2 unspecified atom stereocenters. The molecule has 0 spiro atoms. The molecule has 0 radical (unpaired) electrons. The fraction of sp³-hybridized carbons (Fsp3) is 0.857. The highest BCUT2D eigenvalue weighted by atomic mass is 16.5. The maximum atomic E-state index is 11.8. The average Bonchev–Trinajstić information content (AvgIpc) is 3.04. The highest BCUT2D eigenvalue weighted by Crippen LogP contribution is 2.25. The summed E-state index contributed by atoms with van der Waals surface area (Å²) in [5, 5.41) is 14.7. The first-order chi connectivity index (χ1) is 9.60. The van der Waals surface area contributed by atoms with Crippen LogP contribution >= 0.6 is 0 Å². The molecule has 6 heteroatoms. The molecule has 0 aromatic rings. The lowest BCUT2D eigenvalue weighted by molar-refractivity contribution is -0.141. The molecule has 2 aliphatic rings. The first kappa shape index (κ1) is 15.1. The van der Waals surface area contributed by atoms with Gasteiger partial charge in [-0.3, -0.25) is 4.79 Å². The Kier molecular flexibility index (Phi) is 5.23. The van der Waals surface area contributed by atoms with Crippen LogP contribution in [0.2, 0.25) is 0 Å². The molecule has 0 aromatic carbocycles. The Morgan fingerprint density at radius 2 is 2.10 bits per heavy atom. The number of aliphatic carboxylic acids is 1. The molecule has 20 heavy (non-hydrogen) atoms. The number of urea groups is 1. The van der Waals surface area contributed by atoms with Gasteiger partial charge in [0, 0.05) is 25.1 Å². The first-order valence-electron chi connectivity index (χ1n) is 7.49. The van der Waals surface area contributed by atoms with Gasteiger partial charge in [-0.1, -0.05) is 6.92 Å². The number of carbonyl (C=O) groups excluding carboxylic acids is 1. The van der Waals surface area contributed by atoms with Gasteiger partial charge < -0.3 is 20.5 Å². The highest BCUT2D eigenvalue weighted by Gasteiger charge is 2.31. The number of ether oxygens (including phenoxy) is 1. The van der Waals surface area contributed by atoms with Crippen molar-refractivity contribution in [2.75, 3.05) is 13.2 Å². The number of carbonyl (C=O) groups is 2. The van der Waals surface area contributed by atoms with Crippen LogP contribution in [0.3, 0.4) is 0 Å². The van der Waals surface area contributed by atoms with E-state index in [1.165, 1.54) is 0 Å². The molecule has 1 heterocycles. The quantitative estimate of drug-likeness (QED) is 0.711. The molecule has 1 saturated heterocycles. The number of hydrogen-bond acceptors (Lipinski definition) is 3. The van der Waals surface area contributed by atoms with E-state index in [0.29, 0.717) is 25.3 Å². The molecule has 6 nitrogen and oxygen atoms in total. The van der Waals surface area contributed by atoms with Crippen molar-refractivity contribution in [2.45, 2.75) is 51.2 Å². The minimum atomic E-state index is -0.761. The molecular weight excluding hydrogens is 260 g/mol. The van der Waals surface area contributed by atoms with E-state index in [1.807, 2.05) is 0 Å². The monoisotopic (exact) mass is 284 g/mol. The number of carboxylic acids is 1. The number of carboxylic acid groups (broad SMARTS) is 1. The summed E-state index contributed by atoms with van der Waals surface area (Å²) in [6, 6.07) is -0.208. The Morgan fingerprint density at radius 1 is 1.30 bits per heavy atom. The summed E-state index contributed by atoms with van der Waals surface area (Å²) >= 11 is 0. The third-order valence-corrected chi connectivity index (χ3v) is 4.39. The van der Waals surface area contributed by atoms with Crippen LogP contribution in [0.1, 0.15) is 39.0 Å². The first-order valence-corrected chi connectivity index (χ1v) is 7.49. The number of nitrogens with one attached hydrogen (secondary N) is 2. The topological polar surface area (TPSA) is 87.7 Å². The summed E-state index contributed by atoms with van der Waals surface area (Å²) in [7, 11) is 0. The largest absolute Gasteiger partial charge is 0.481 e. The van der Waals surface area contributed by atoms with Crippen LogP contribution in [-0.2, 0) is 9.53 Å². The standard InChI is InChI=1S/C14H24N2O4/c1-2-12-10(5-6-20-12)8-15-14(19)16-11-4-3-9(7-11)13(17)18/h9-12H,2-8H2,1H3,(H,17,18)(H2,15,16,19)/t9-,10?,11+,12?/m1/s1. The van der Waals surface area contributed by atoms with Crippen LogP contribution in [0.15, 0.2) is 0 Å². The van der Waals surface area contributed by atoms with E-state index in [-0.39, 0.29) is 24.1 Å². The van der Waals surface area contributed by atoms with Crippen molar-refractivity contribution in [1.29, 1.82) is 0 Å². The van der Waals surface area contributed by atoms with E-state index >= 15 is 0 Å². The maximum Gasteiger partial charge on any atom is 0.315 e. The molecule has 1 saturated carbocycles. The van der Waals surface area contributed by atoms with Gasteiger partial charge in [0.15, 0.2) is 0 Å². The normalized spacial score (nSPS) is 33.0. The summed E-state index contributed by atoms with van der Waals surface area (Å²) in [4.78, 5) is 22.7. The van der Waals surface area contributed by atoms with Crippen molar-refractivity contribution in [3.8, 4) is 0 Å². The second-order valence-electron chi connectivity index (χ2n) is 5.77. The zero-order chi connectivity index (χ0) is 14.5. The van der Waals surface area contributed by atoms with E-state index in [1.54, 1.807) is 0 Å². The van der Waals surface area contributed by atoms with Gasteiger partial charge in [0.25, 0.3) is 0 Å². The van der Waals surface area contributed by atoms with E-state index < -0.39 is 5.97 Å². The Balaban J connectivity index is 1.67. The molecule has 2 fully saturated rings. The highest BCUT2D eigenvalue weighted by molar-refractivity contribution is 5.75. The molecule has 1 aliphatic heterocycles. The van der Waals surface area contributed by atoms with Gasteiger partial charge >= 0.3 is 12.0 Å². The second-order valence-corrected chi connectivity index (χ2v) is 5.77. The van der Waals surface area contributed by atoms with Crippen molar-refractivity contribution in [2.24, 2.45) is 11.8 Å². The molecule has 0 aromatic heterocycles. The Labute approximate surface area is 119 Å². The molecule has 114 valence electrons. The number of hydrogen-bond donors (Lipinski definition) is 3. The summed E-state index contributed by atoms with van der Waals surface area (Å²) in [6.07, 6.45) is 4.13. The fourth-order valence-corrected chi connectivity index (χ4v) is 3.17. The fourth-order valence-electron chi connectivity index (χ4n) is 3.17. The Hall–Kier alpha value is -1.30. The molecule has 3 N–H and O–H groups in total. The summed E-state index contributed by atoms with van der Waals surface area (Å²) in [6.45, 7) is 3.49. The third kappa shape index (κ3) is 3.85. The second kappa shape index (κ2) is 6.92. The van der Waals surface area contributed by atoms with Gasteiger partial charge in [0.05, 0.1) is 12.0 Å². The van der Waals surface area contributed by atoms with Gasteiger partial charge in [0.2, 0.25) is 0 Å². The smallest absolute Gasteiger partial charge is 0.315 e. The van der Waals surface area contributed by atoms with Crippen LogP contribution in [-0.4, -0.2) is 42.4 Å². The van der Waals surface area contributed by atoms with Crippen molar-refractivity contribution >= 4 is 12.0 Å². The lowest BCUT2D eigenvalue weighted by Gasteiger charge is -2.19. The van der Waals surface area contributed by atoms with E-state index in [9.17, 15) is 9.59 Å². The minimum Gasteiger partial charge on any atom is -0.481 e. The number of rotatable bonds is 5. The lowest BCUT2D eigenvalue weighted by atomic mass is 10.00. The maximum absolute atomic E-state index is 11.8. The molecule has 4 atom stereocenters. The Bertz CT molecular complexity index is 361. The van der Waals surface area contributed by atoms with Crippen LogP contribution in [0, 0.1) is 11.8 Å². The van der Waals surface area contributed by atoms with Gasteiger partial charge in [-0.15, -0.1) is 0 Å². The summed E-state index contributed by atoms with van der Waals surface area (Å²) in [5.41, 5.74) is 0. The molecular formula is C14H24N2O4. The van der Waals surface area contributed by atoms with E-state index in [0.717, 1.165) is 25.9 Å². The van der Waals surface area contributed by atoms with Gasteiger partial charge in [-0.2, -0.15) is 0 Å². The van der Waals surface area contributed by atoms with Crippen LogP contribution < -0.4 is 10.6 Å². The molecule has 2 rings (SSSR count). The minimum absolute atomic E-state index is 0.0158. The van der Waals surface area contributed by atoms with Gasteiger partial charge in [-0.05, 0) is 32.1 Å². The molecule has 2 amide bonds. The average molecular weight is 284 g/mol. The van der Waals surface area contributed by atoms with E-state index in [2.05, 4.69) is 17.6 Å².